The highest BCUT2D eigenvalue weighted by molar-refractivity contribution is 7.89. The second-order valence-electron chi connectivity index (χ2n) is 4.48. The van der Waals surface area contributed by atoms with E-state index in [0.29, 0.717) is 10.8 Å². The largest absolute Gasteiger partial charge is 0.484 e. The van der Waals surface area contributed by atoms with E-state index in [-0.39, 0.29) is 22.2 Å². The molecule has 0 aliphatic rings. The Hall–Kier alpha value is -1.80. The molecule has 1 amide bonds. The molecule has 6 nitrogen and oxygen atoms in total. The van der Waals surface area contributed by atoms with E-state index in [4.69, 9.17) is 33.1 Å². The monoisotopic (exact) mass is 374 g/mol. The summed E-state index contributed by atoms with van der Waals surface area (Å²) in [6, 6.07) is 10.5. The van der Waals surface area contributed by atoms with E-state index in [0.717, 1.165) is 0 Å². The van der Waals surface area contributed by atoms with Crippen molar-refractivity contribution in [3.05, 3.63) is 52.5 Å². The minimum atomic E-state index is -3.98. The van der Waals surface area contributed by atoms with Crippen molar-refractivity contribution in [3.8, 4) is 5.75 Å². The summed E-state index contributed by atoms with van der Waals surface area (Å²) in [6.07, 6.45) is 0. The average molecular weight is 375 g/mol. The summed E-state index contributed by atoms with van der Waals surface area (Å²) >= 11 is 11.5. The minimum Gasteiger partial charge on any atom is -0.484 e. The zero-order valence-electron chi connectivity index (χ0n) is 11.6. The lowest BCUT2D eigenvalue weighted by atomic mass is 10.3. The number of hydrogen-bond acceptors (Lipinski definition) is 4. The van der Waals surface area contributed by atoms with Crippen LogP contribution in [0.15, 0.2) is 47.4 Å². The highest BCUT2D eigenvalue weighted by Gasteiger charge is 2.14. The SMILES string of the molecule is NS(=O)(=O)c1cc(NC(=O)COc2ccc(Cl)cc2)ccc1Cl. The first-order valence-corrected chi connectivity index (χ1v) is 8.56. The van der Waals surface area contributed by atoms with E-state index < -0.39 is 15.9 Å². The van der Waals surface area contributed by atoms with Crippen LogP contribution in [0.3, 0.4) is 0 Å². The predicted molar refractivity (Wildman–Crippen MR) is 88.4 cm³/mol. The molecule has 0 unspecified atom stereocenters. The number of anilines is 1. The van der Waals surface area contributed by atoms with E-state index in [1.807, 2.05) is 0 Å². The van der Waals surface area contributed by atoms with Gasteiger partial charge in [0.15, 0.2) is 6.61 Å². The molecule has 2 rings (SSSR count). The molecule has 0 saturated heterocycles. The highest BCUT2D eigenvalue weighted by Crippen LogP contribution is 2.24. The van der Waals surface area contributed by atoms with Crippen LogP contribution in [0.4, 0.5) is 5.69 Å². The lowest BCUT2D eigenvalue weighted by Crippen LogP contribution is -2.20. The molecular formula is C14H12Cl2N2O4S. The lowest BCUT2D eigenvalue weighted by molar-refractivity contribution is -0.118. The molecule has 0 heterocycles. The van der Waals surface area contributed by atoms with Gasteiger partial charge < -0.3 is 10.1 Å². The summed E-state index contributed by atoms with van der Waals surface area (Å²) in [6.45, 7) is -0.255. The fourth-order valence-corrected chi connectivity index (χ4v) is 2.87. The molecule has 0 atom stereocenters. The molecule has 0 bridgehead atoms. The maximum absolute atomic E-state index is 11.8. The van der Waals surface area contributed by atoms with Gasteiger partial charge in [0.05, 0.1) is 5.02 Å². The molecule has 2 aromatic carbocycles. The Morgan fingerprint density at radius 1 is 1.13 bits per heavy atom. The van der Waals surface area contributed by atoms with E-state index in [1.165, 1.54) is 18.2 Å². The number of amides is 1. The van der Waals surface area contributed by atoms with Crippen LogP contribution in [0.25, 0.3) is 0 Å². The third kappa shape index (κ3) is 5.11. The van der Waals surface area contributed by atoms with Crippen LogP contribution in [-0.4, -0.2) is 20.9 Å². The third-order valence-corrected chi connectivity index (χ3v) is 4.35. The zero-order chi connectivity index (χ0) is 17.0. The van der Waals surface area contributed by atoms with Crippen LogP contribution in [0.5, 0.6) is 5.75 Å². The van der Waals surface area contributed by atoms with Gasteiger partial charge in [-0.3, -0.25) is 4.79 Å². The molecule has 3 N–H and O–H groups in total. The number of halogens is 2. The number of nitrogens with one attached hydrogen (secondary N) is 1. The zero-order valence-corrected chi connectivity index (χ0v) is 14.0. The molecule has 0 aliphatic heterocycles. The van der Waals surface area contributed by atoms with E-state index in [1.54, 1.807) is 24.3 Å². The summed E-state index contributed by atoms with van der Waals surface area (Å²) in [5, 5.41) is 8.07. The second-order valence-corrected chi connectivity index (χ2v) is 6.85. The first-order chi connectivity index (χ1) is 10.8. The van der Waals surface area contributed by atoms with Gasteiger partial charge in [0.2, 0.25) is 10.0 Å². The fraction of sp³-hybridized carbons (Fsp3) is 0.0714. The number of sulfonamides is 1. The van der Waals surface area contributed by atoms with Crippen LogP contribution in [0, 0.1) is 0 Å². The Balaban J connectivity index is 2.01. The smallest absolute Gasteiger partial charge is 0.262 e. The molecule has 0 radical (unpaired) electrons. The number of hydrogen-bond donors (Lipinski definition) is 2. The summed E-state index contributed by atoms with van der Waals surface area (Å²) in [5.41, 5.74) is 0.239. The van der Waals surface area contributed by atoms with Gasteiger partial charge in [0.25, 0.3) is 5.91 Å². The first-order valence-electron chi connectivity index (χ1n) is 6.26. The van der Waals surface area contributed by atoms with Gasteiger partial charge in [-0.05, 0) is 42.5 Å². The summed E-state index contributed by atoms with van der Waals surface area (Å²) in [4.78, 5) is 11.6. The Bertz CT molecular complexity index is 823. The number of primary sulfonamides is 1. The molecule has 0 fully saturated rings. The predicted octanol–water partition coefficient (Wildman–Crippen LogP) is 2.66. The Labute approximate surface area is 143 Å². The van der Waals surface area contributed by atoms with Crippen molar-refractivity contribution in [1.29, 1.82) is 0 Å². The van der Waals surface area contributed by atoms with Gasteiger partial charge in [-0.25, -0.2) is 13.6 Å². The first kappa shape index (κ1) is 17.6. The summed E-state index contributed by atoms with van der Waals surface area (Å²) in [7, 11) is -3.98. The number of benzene rings is 2. The molecule has 23 heavy (non-hydrogen) atoms. The molecule has 0 aromatic heterocycles. The third-order valence-electron chi connectivity index (χ3n) is 2.71. The van der Waals surface area contributed by atoms with Crippen molar-refractivity contribution in [2.45, 2.75) is 4.90 Å². The number of carbonyl (C=O) groups is 1. The van der Waals surface area contributed by atoms with Crippen molar-refractivity contribution in [2.24, 2.45) is 5.14 Å². The van der Waals surface area contributed by atoms with Gasteiger partial charge in [0.1, 0.15) is 10.6 Å². The molecule has 2 aromatic rings. The molecule has 122 valence electrons. The standard InChI is InChI=1S/C14H12Cl2N2O4S/c15-9-1-4-11(5-2-9)22-8-14(19)18-10-3-6-12(16)13(7-10)23(17,20)21/h1-7H,8H2,(H,18,19)(H2,17,20,21). The van der Waals surface area contributed by atoms with Gasteiger partial charge in [-0.2, -0.15) is 0 Å². The van der Waals surface area contributed by atoms with E-state index in [9.17, 15) is 13.2 Å². The highest BCUT2D eigenvalue weighted by atomic mass is 35.5. The van der Waals surface area contributed by atoms with Gasteiger partial charge in [0, 0.05) is 10.7 Å². The van der Waals surface area contributed by atoms with Crippen LogP contribution < -0.4 is 15.2 Å². The molecule has 0 saturated carbocycles. The maximum atomic E-state index is 11.8. The normalized spacial score (nSPS) is 11.1. The number of nitrogens with two attached hydrogens (primary N) is 1. The molecule has 9 heteroatoms. The molecule has 0 aliphatic carbocycles. The second kappa shape index (κ2) is 7.18. The number of carbonyl (C=O) groups excluding carboxylic acids is 1. The number of rotatable bonds is 5. The number of ether oxygens (including phenoxy) is 1. The van der Waals surface area contributed by atoms with Crippen molar-refractivity contribution in [1.82, 2.24) is 0 Å². The van der Waals surface area contributed by atoms with Crippen molar-refractivity contribution >= 4 is 44.8 Å². The average Bonchev–Trinajstić information content (AvgIpc) is 2.47. The summed E-state index contributed by atoms with van der Waals surface area (Å²) < 4.78 is 28.0. The van der Waals surface area contributed by atoms with Crippen molar-refractivity contribution in [3.63, 3.8) is 0 Å². The molecular weight excluding hydrogens is 363 g/mol. The van der Waals surface area contributed by atoms with Crippen LogP contribution in [-0.2, 0) is 14.8 Å². The van der Waals surface area contributed by atoms with Crippen LogP contribution in [0.2, 0.25) is 10.0 Å². The van der Waals surface area contributed by atoms with Gasteiger partial charge >= 0.3 is 0 Å². The Morgan fingerprint density at radius 3 is 2.39 bits per heavy atom. The maximum Gasteiger partial charge on any atom is 0.262 e. The van der Waals surface area contributed by atoms with E-state index >= 15 is 0 Å². The van der Waals surface area contributed by atoms with Gasteiger partial charge in [-0.15, -0.1) is 0 Å². The van der Waals surface area contributed by atoms with Crippen molar-refractivity contribution in [2.75, 3.05) is 11.9 Å². The Morgan fingerprint density at radius 2 is 1.78 bits per heavy atom. The molecule has 0 spiro atoms. The minimum absolute atomic E-state index is 0.0251. The van der Waals surface area contributed by atoms with Crippen LogP contribution >= 0.6 is 23.2 Å². The van der Waals surface area contributed by atoms with Crippen LogP contribution in [0.1, 0.15) is 0 Å². The fourth-order valence-electron chi connectivity index (χ4n) is 1.68. The van der Waals surface area contributed by atoms with E-state index in [2.05, 4.69) is 5.32 Å². The summed E-state index contributed by atoms with van der Waals surface area (Å²) in [5.74, 6) is 0.00789. The van der Waals surface area contributed by atoms with Crippen molar-refractivity contribution < 1.29 is 17.9 Å². The topological polar surface area (TPSA) is 98.5 Å². The lowest BCUT2D eigenvalue weighted by Gasteiger charge is -2.09. The van der Waals surface area contributed by atoms with Gasteiger partial charge in [-0.1, -0.05) is 23.2 Å². The quantitative estimate of drug-likeness (QED) is 0.839. The Kier molecular flexibility index (Phi) is 5.48.